The molecular weight excluding hydrogens is 372 g/mol. The van der Waals surface area contributed by atoms with Gasteiger partial charge in [-0.3, -0.25) is 0 Å². The molecule has 0 saturated heterocycles. The van der Waals surface area contributed by atoms with Gasteiger partial charge in [0.2, 0.25) is 0 Å². The number of imidazole rings is 1. The molecule has 0 saturated carbocycles. The highest BCUT2D eigenvalue weighted by Crippen LogP contribution is 2.32. The van der Waals surface area contributed by atoms with Crippen molar-refractivity contribution in [3.8, 4) is 16.9 Å². The second-order valence-electron chi connectivity index (χ2n) is 7.79. The Hall–Kier alpha value is -3.37. The molecule has 0 amide bonds. The number of rotatable bonds is 6. The smallest absolute Gasteiger partial charge is 0.131 e. The summed E-state index contributed by atoms with van der Waals surface area (Å²) in [6.45, 7) is 6.26. The van der Waals surface area contributed by atoms with E-state index in [2.05, 4.69) is 16.0 Å². The third kappa shape index (κ3) is 4.29. The second-order valence-corrected chi connectivity index (χ2v) is 7.79. The van der Waals surface area contributed by atoms with Crippen molar-refractivity contribution in [3.63, 3.8) is 0 Å². The molecule has 0 aliphatic heterocycles. The van der Waals surface area contributed by atoms with Gasteiger partial charge < -0.3 is 14.8 Å². The van der Waals surface area contributed by atoms with Crippen molar-refractivity contribution in [1.82, 2.24) is 9.97 Å². The van der Waals surface area contributed by atoms with Crippen LogP contribution in [0.1, 0.15) is 37.7 Å². The Morgan fingerprint density at radius 3 is 2.50 bits per heavy atom. The molecule has 30 heavy (non-hydrogen) atoms. The van der Waals surface area contributed by atoms with E-state index in [0.29, 0.717) is 6.61 Å². The molecule has 0 atom stereocenters. The summed E-state index contributed by atoms with van der Waals surface area (Å²) in [5, 5.41) is 10.5. The van der Waals surface area contributed by atoms with Gasteiger partial charge in [-0.15, -0.1) is 0 Å². The predicted octanol–water partition coefficient (Wildman–Crippen LogP) is 6.03. The van der Waals surface area contributed by atoms with Crippen molar-refractivity contribution in [2.75, 3.05) is 6.61 Å². The lowest BCUT2D eigenvalue weighted by molar-refractivity contribution is 0.0792. The van der Waals surface area contributed by atoms with Crippen molar-refractivity contribution in [2.24, 2.45) is 0 Å². The number of aliphatic hydroxyl groups is 1. The Kier molecular flexibility index (Phi) is 5.42. The maximum Gasteiger partial charge on any atom is 0.131 e. The van der Waals surface area contributed by atoms with E-state index in [-0.39, 0.29) is 0 Å². The minimum absolute atomic E-state index is 0.663. The van der Waals surface area contributed by atoms with Crippen LogP contribution in [0.3, 0.4) is 0 Å². The van der Waals surface area contributed by atoms with E-state index in [9.17, 15) is 5.11 Å². The van der Waals surface area contributed by atoms with E-state index in [1.807, 2.05) is 93.6 Å². The molecule has 4 nitrogen and oxygen atoms in total. The lowest BCUT2D eigenvalue weighted by Crippen LogP contribution is -2.16. The summed E-state index contributed by atoms with van der Waals surface area (Å²) >= 11 is 0. The number of nitrogens with one attached hydrogen (secondary N) is 1. The molecule has 1 heterocycles. The van der Waals surface area contributed by atoms with Crippen LogP contribution in [-0.2, 0) is 5.60 Å². The van der Waals surface area contributed by atoms with Crippen molar-refractivity contribution in [2.45, 2.75) is 26.4 Å². The van der Waals surface area contributed by atoms with Crippen LogP contribution >= 0.6 is 0 Å². The van der Waals surface area contributed by atoms with Crippen LogP contribution in [0, 0.1) is 0 Å². The number of nitrogens with zero attached hydrogens (tertiary/aromatic N) is 1. The summed E-state index contributed by atoms with van der Waals surface area (Å²) in [6, 6.07) is 22.1. The summed E-state index contributed by atoms with van der Waals surface area (Å²) in [5.74, 6) is 1.67. The lowest BCUT2D eigenvalue weighted by atomic mass is 9.89. The van der Waals surface area contributed by atoms with Crippen LogP contribution in [0.4, 0.5) is 0 Å². The number of fused-ring (bicyclic) bond motifs is 1. The number of aromatic nitrogens is 2. The molecule has 0 unspecified atom stereocenters. The molecule has 0 bridgehead atoms. The summed E-state index contributed by atoms with van der Waals surface area (Å²) < 4.78 is 5.48. The molecule has 2 N–H and O–H groups in total. The summed E-state index contributed by atoms with van der Waals surface area (Å²) in [5.41, 5.74) is 5.01. The molecular formula is C26H26N2O2. The number of hydrogen-bond acceptors (Lipinski definition) is 3. The van der Waals surface area contributed by atoms with E-state index < -0.39 is 5.60 Å². The predicted molar refractivity (Wildman–Crippen MR) is 123 cm³/mol. The van der Waals surface area contributed by atoms with Gasteiger partial charge in [-0.1, -0.05) is 48.5 Å². The van der Waals surface area contributed by atoms with Crippen LogP contribution in [-0.4, -0.2) is 21.7 Å². The van der Waals surface area contributed by atoms with Gasteiger partial charge >= 0.3 is 0 Å². The topological polar surface area (TPSA) is 58.1 Å². The van der Waals surface area contributed by atoms with E-state index in [1.54, 1.807) is 0 Å². The summed E-state index contributed by atoms with van der Waals surface area (Å²) in [7, 11) is 0. The number of aromatic amines is 1. The molecule has 152 valence electrons. The molecule has 0 aliphatic carbocycles. The van der Waals surface area contributed by atoms with E-state index >= 15 is 0 Å². The third-order valence-electron chi connectivity index (χ3n) is 5.02. The molecule has 1 aromatic heterocycles. The van der Waals surface area contributed by atoms with Crippen molar-refractivity contribution < 1.29 is 9.84 Å². The van der Waals surface area contributed by atoms with E-state index in [0.717, 1.165) is 44.9 Å². The first kappa shape index (κ1) is 19.9. The molecule has 4 aromatic rings. The highest BCUT2D eigenvalue weighted by atomic mass is 16.5. The molecule has 0 aliphatic rings. The first-order valence-electron chi connectivity index (χ1n) is 10.2. The Morgan fingerprint density at radius 2 is 1.77 bits per heavy atom. The van der Waals surface area contributed by atoms with Crippen LogP contribution in [0.2, 0.25) is 0 Å². The first-order valence-corrected chi connectivity index (χ1v) is 10.2. The first-order chi connectivity index (χ1) is 14.4. The Bertz CT molecular complexity index is 1180. The van der Waals surface area contributed by atoms with Gasteiger partial charge in [0, 0.05) is 0 Å². The quantitative estimate of drug-likeness (QED) is 0.417. The Morgan fingerprint density at radius 1 is 1.00 bits per heavy atom. The zero-order valence-electron chi connectivity index (χ0n) is 17.5. The van der Waals surface area contributed by atoms with Crippen LogP contribution < -0.4 is 4.74 Å². The van der Waals surface area contributed by atoms with Gasteiger partial charge in [0.15, 0.2) is 0 Å². The monoisotopic (exact) mass is 398 g/mol. The van der Waals surface area contributed by atoms with Gasteiger partial charge in [0.05, 0.1) is 23.2 Å². The standard InChI is InChI=1S/C26H26N2O2/c1-4-30-20-13-9-18(10-14-20)11-16-25-27-23-15-12-19(17-24(23)28-25)21-7-5-6-8-22(21)26(2,3)29/h5-17,29H,4H2,1-3H3,(H,27,28)/b16-11+. The minimum Gasteiger partial charge on any atom is -0.494 e. The molecule has 0 radical (unpaired) electrons. The number of hydrogen-bond donors (Lipinski definition) is 2. The lowest BCUT2D eigenvalue weighted by Gasteiger charge is -2.21. The normalized spacial score (nSPS) is 12.0. The maximum absolute atomic E-state index is 10.5. The summed E-state index contributed by atoms with van der Waals surface area (Å²) in [6.07, 6.45) is 4.00. The third-order valence-corrected chi connectivity index (χ3v) is 5.02. The Labute approximate surface area is 176 Å². The zero-order chi connectivity index (χ0) is 21.1. The fourth-order valence-corrected chi connectivity index (χ4v) is 3.56. The maximum atomic E-state index is 10.5. The molecule has 4 heteroatoms. The fraction of sp³-hybridized carbons (Fsp3) is 0.192. The second kappa shape index (κ2) is 8.17. The van der Waals surface area contributed by atoms with Crippen molar-refractivity contribution in [3.05, 3.63) is 83.7 Å². The number of ether oxygens (including phenoxy) is 1. The van der Waals surface area contributed by atoms with Crippen molar-refractivity contribution >= 4 is 23.2 Å². The van der Waals surface area contributed by atoms with Crippen LogP contribution in [0.25, 0.3) is 34.3 Å². The molecule has 0 fully saturated rings. The molecule has 4 rings (SSSR count). The van der Waals surface area contributed by atoms with E-state index in [4.69, 9.17) is 4.74 Å². The average molecular weight is 399 g/mol. The van der Waals surface area contributed by atoms with Gasteiger partial charge in [-0.05, 0) is 73.4 Å². The number of H-pyrrole nitrogens is 1. The van der Waals surface area contributed by atoms with Crippen molar-refractivity contribution in [1.29, 1.82) is 0 Å². The van der Waals surface area contributed by atoms with Gasteiger partial charge in [-0.25, -0.2) is 4.98 Å². The summed E-state index contributed by atoms with van der Waals surface area (Å²) in [4.78, 5) is 8.05. The SMILES string of the molecule is CCOc1ccc(/C=C/c2nc3ccc(-c4ccccc4C(C)(C)O)cc3[nH]2)cc1. The highest BCUT2D eigenvalue weighted by Gasteiger charge is 2.20. The fourth-order valence-electron chi connectivity index (χ4n) is 3.56. The van der Waals surface area contributed by atoms with Gasteiger partial charge in [-0.2, -0.15) is 0 Å². The largest absolute Gasteiger partial charge is 0.494 e. The number of benzene rings is 3. The molecule has 0 spiro atoms. The molecule has 3 aromatic carbocycles. The van der Waals surface area contributed by atoms with Gasteiger partial charge in [0.1, 0.15) is 11.6 Å². The van der Waals surface area contributed by atoms with Gasteiger partial charge in [0.25, 0.3) is 0 Å². The average Bonchev–Trinajstić information content (AvgIpc) is 3.15. The van der Waals surface area contributed by atoms with E-state index in [1.165, 1.54) is 0 Å². The van der Waals surface area contributed by atoms with Crippen LogP contribution in [0.5, 0.6) is 5.75 Å². The highest BCUT2D eigenvalue weighted by molar-refractivity contribution is 5.84. The Balaban J connectivity index is 1.62. The zero-order valence-corrected chi connectivity index (χ0v) is 17.5. The van der Waals surface area contributed by atoms with Crippen LogP contribution in [0.15, 0.2) is 66.7 Å². The minimum atomic E-state index is -0.912.